The minimum atomic E-state index is -2.28. The smallest absolute Gasteiger partial charge is 0.408 e. The quantitative estimate of drug-likeness (QED) is 0.0544. The van der Waals surface area contributed by atoms with Gasteiger partial charge >= 0.3 is 44.4 Å². The minimum absolute atomic E-state index is 0. The Morgan fingerprint density at radius 3 is 1.34 bits per heavy atom. The van der Waals surface area contributed by atoms with Gasteiger partial charge in [-0.3, -0.25) is 28.7 Å². The van der Waals surface area contributed by atoms with Gasteiger partial charge in [0.25, 0.3) is 19.6 Å². The summed E-state index contributed by atoms with van der Waals surface area (Å²) >= 11 is 0. The maximum Gasteiger partial charge on any atom is 2.00 e. The van der Waals surface area contributed by atoms with Crippen LogP contribution in [0.3, 0.4) is 0 Å². The van der Waals surface area contributed by atoms with Crippen LogP contribution >= 0.6 is 18.0 Å². The van der Waals surface area contributed by atoms with Crippen LogP contribution in [0.4, 0.5) is 0 Å². The molecule has 83 heavy (non-hydrogen) atoms. The number of hydrogen-bond acceptors (Lipinski definition) is 15. The molecule has 0 spiro atoms. The number of nitrogens with one attached hydrogen (secondary N) is 2. The van der Waals surface area contributed by atoms with E-state index in [1.54, 1.807) is 13.8 Å². The van der Waals surface area contributed by atoms with Gasteiger partial charge in [0.1, 0.15) is 24.4 Å². The molecule has 0 saturated carbocycles. The van der Waals surface area contributed by atoms with Crippen LogP contribution in [0.5, 0.6) is 0 Å². The van der Waals surface area contributed by atoms with Gasteiger partial charge < -0.3 is 64.7 Å². The largest absolute Gasteiger partial charge is 2.00 e. The number of aliphatic hydroxyl groups excluding tert-OH is 1. The SMILES string of the molecule is CC[C@H]1O[C@@H](n2cc(C)c(=O)[nH]c2=O)[C@@H](O)C1O[Si](C)(C)C(C)(C)C.CC[C@H]1O[C@@H](n2cc(C)c(=O)[nH]c2=O)[C@@H](OP(OCCC#N)N(C(C)C)C(C)C)C1O[Si](C)(C)C(C)(C)C.N#CCCOP.[CH2-]CC.[CH2-]CC.[CH2-]CC.[CH2-]CC.[Ni+2].[Ni+2]. The van der Waals surface area contributed by atoms with Crippen molar-refractivity contribution in [3.05, 3.63) is 92.9 Å². The van der Waals surface area contributed by atoms with Crippen molar-refractivity contribution in [3.8, 4) is 12.1 Å². The molecule has 3 N–H and O–H groups in total. The fraction of sp³-hybridized carbons (Fsp3) is 0.759. The van der Waals surface area contributed by atoms with E-state index in [9.17, 15) is 24.3 Å². The Labute approximate surface area is 527 Å². The number of H-pyrrole nitrogens is 2. The molecule has 10 atom stereocenters. The average molecular weight is 1330 g/mol. The van der Waals surface area contributed by atoms with Crippen LogP contribution in [-0.2, 0) is 64.9 Å². The van der Waals surface area contributed by atoms with Gasteiger partial charge in [-0.1, -0.05) is 83.1 Å². The van der Waals surface area contributed by atoms with Gasteiger partial charge in [-0.25, -0.2) is 14.3 Å². The molecular weight excluding hydrogens is 1220 g/mol. The summed E-state index contributed by atoms with van der Waals surface area (Å²) in [5, 5.41) is 27.8. The van der Waals surface area contributed by atoms with E-state index in [0.717, 1.165) is 25.7 Å². The second-order valence-electron chi connectivity index (χ2n) is 23.0. The van der Waals surface area contributed by atoms with Gasteiger partial charge in [0.05, 0.1) is 50.4 Å². The number of aromatic nitrogens is 4. The number of aromatic amines is 2. The van der Waals surface area contributed by atoms with Crippen molar-refractivity contribution in [2.75, 3.05) is 13.2 Å². The molecule has 19 nitrogen and oxygen atoms in total. The zero-order valence-electron chi connectivity index (χ0n) is 54.7. The summed E-state index contributed by atoms with van der Waals surface area (Å²) in [5.74, 6) is 0. The predicted molar refractivity (Wildman–Crippen MR) is 339 cm³/mol. The number of rotatable bonds is 18. The molecule has 2 aromatic rings. The fourth-order valence-corrected chi connectivity index (χ4v) is 11.5. The second kappa shape index (κ2) is 45.5. The third-order valence-corrected chi connectivity index (χ3v) is 24.2. The summed E-state index contributed by atoms with van der Waals surface area (Å²) in [7, 11) is -3.96. The molecule has 25 heteroatoms. The molecule has 2 fully saturated rings. The van der Waals surface area contributed by atoms with E-state index in [4.69, 9.17) is 37.9 Å². The van der Waals surface area contributed by atoms with Crippen molar-refractivity contribution in [2.24, 2.45) is 0 Å². The van der Waals surface area contributed by atoms with Gasteiger partial charge in [-0.2, -0.15) is 36.2 Å². The Bertz CT molecular complexity index is 2340. The van der Waals surface area contributed by atoms with Crippen molar-refractivity contribution in [3.63, 3.8) is 0 Å². The van der Waals surface area contributed by atoms with Crippen LogP contribution in [-0.4, -0.2) is 107 Å². The van der Waals surface area contributed by atoms with Crippen molar-refractivity contribution in [1.82, 2.24) is 23.8 Å². The topological polar surface area (TPSA) is 245 Å². The second-order valence-corrected chi connectivity index (χ2v) is 34.2. The first kappa shape index (κ1) is 90.0. The van der Waals surface area contributed by atoms with E-state index in [1.807, 2.05) is 47.6 Å². The molecule has 4 rings (SSSR count). The molecule has 0 radical (unpaired) electrons. The van der Waals surface area contributed by atoms with E-state index < -0.39 is 84.5 Å². The van der Waals surface area contributed by atoms with E-state index in [2.05, 4.69) is 158 Å². The van der Waals surface area contributed by atoms with Gasteiger partial charge in [-0.15, -0.1) is 0 Å². The molecule has 488 valence electrons. The van der Waals surface area contributed by atoms with Crippen molar-refractivity contribution >= 4 is 34.6 Å². The van der Waals surface area contributed by atoms with Crippen LogP contribution in [0.1, 0.15) is 186 Å². The number of ether oxygens (including phenoxy) is 2. The van der Waals surface area contributed by atoms with Crippen molar-refractivity contribution in [2.45, 2.75) is 273 Å². The van der Waals surface area contributed by atoms with Crippen LogP contribution < -0.4 is 22.5 Å². The molecule has 2 aliphatic rings. The first-order valence-corrected chi connectivity index (χ1v) is 36.0. The molecule has 2 aliphatic heterocycles. The standard InChI is InChI=1S/C26H47N4O6PSi.C17H30N2O5Si.C3H6NOP.4C3H7.2Ni/c1-12-20-21(36-38(10,11)26(7,8)9)22(24(34-20)29-16-19(6)23(31)28-25(29)32)35-37(33-15-13-14-27)30(17(2)3)18(4)5;1-8-11-13(24-25(6,7)17(3,4)5)12(20)15(23-11)19-9-10(2)14(21)18-16(19)22;4-2-1-3-5-6;4*1-3-2;;/h16-18,20-22,24H,12-13,15H2,1-11H3,(H,28,31,32);9,11-13,15,20H,8H2,1-7H3,(H,18,21,22);1,3,6H2;4*1,3H2,2H3;;/q;;;4*-1;2*+2/t20-,21?,22+,24-,37?;11-,12+,13?,15-;;;;;;;/m11......./s1. The Kier molecular flexibility index (Phi) is 49.4. The Morgan fingerprint density at radius 1 is 0.675 bits per heavy atom. The number of hydrogen-bond donors (Lipinski definition) is 3. The predicted octanol–water partition coefficient (Wildman–Crippen LogP) is 12.7. The van der Waals surface area contributed by atoms with Gasteiger partial charge in [0.15, 0.2) is 29.1 Å². The third-order valence-electron chi connectivity index (χ3n) is 12.9. The van der Waals surface area contributed by atoms with E-state index in [0.29, 0.717) is 37.0 Å². The summed E-state index contributed by atoms with van der Waals surface area (Å²) in [6.45, 7) is 59.8. The summed E-state index contributed by atoms with van der Waals surface area (Å²) < 4.78 is 48.1. The Hall–Kier alpha value is -1.74. The zero-order chi connectivity index (χ0) is 63.8. The minimum Gasteiger partial charge on any atom is -0.408 e. The Morgan fingerprint density at radius 2 is 1.01 bits per heavy atom. The number of nitriles is 2. The van der Waals surface area contributed by atoms with Crippen molar-refractivity contribution in [1.29, 1.82) is 10.5 Å². The number of aliphatic hydroxyl groups is 1. The monoisotopic (exact) mass is 1330 g/mol. The first-order chi connectivity index (χ1) is 37.5. The molecule has 4 unspecified atom stereocenters. The normalized spacial score (nSPS) is 20.4. The number of nitrogens with zero attached hydrogens (tertiary/aromatic N) is 5. The van der Waals surface area contributed by atoms with E-state index >= 15 is 0 Å². The van der Waals surface area contributed by atoms with E-state index in [1.165, 1.54) is 21.5 Å². The molecule has 0 bridgehead atoms. The van der Waals surface area contributed by atoms with Crippen LogP contribution in [0.2, 0.25) is 36.3 Å². The van der Waals surface area contributed by atoms with E-state index in [-0.39, 0.29) is 80.4 Å². The molecule has 0 aromatic carbocycles. The van der Waals surface area contributed by atoms with Gasteiger partial charge in [0.2, 0.25) is 0 Å². The Balaban J connectivity index is -0.000000385. The summed E-state index contributed by atoms with van der Waals surface area (Å²) in [5.41, 5.74) is -1.25. The van der Waals surface area contributed by atoms with Crippen LogP contribution in [0.25, 0.3) is 0 Å². The molecular formula is C58H111N7Ni2O12P2Si2. The summed E-state index contributed by atoms with van der Waals surface area (Å²) in [6.07, 6.45) is 3.97. The third kappa shape index (κ3) is 30.8. The zero-order valence-corrected chi connectivity index (χ0v) is 60.7. The first-order valence-electron chi connectivity index (χ1n) is 28.6. The molecule has 0 amide bonds. The maximum absolute atomic E-state index is 13.0. The molecule has 2 aromatic heterocycles. The molecule has 4 heterocycles. The number of aryl methyl sites for hydroxylation is 2. The molecule has 0 aliphatic carbocycles. The van der Waals surface area contributed by atoms with Gasteiger partial charge in [0, 0.05) is 45.1 Å². The summed E-state index contributed by atoms with van der Waals surface area (Å²) in [4.78, 5) is 53.5. The van der Waals surface area contributed by atoms with Crippen LogP contribution in [0, 0.1) is 64.2 Å². The van der Waals surface area contributed by atoms with Crippen LogP contribution in [0.15, 0.2) is 31.6 Å². The average Bonchev–Trinajstić information content (AvgIpc) is 3.84. The summed E-state index contributed by atoms with van der Waals surface area (Å²) in [6, 6.07) is 4.26. The fourth-order valence-electron chi connectivity index (χ4n) is 7.03. The maximum atomic E-state index is 13.0. The van der Waals surface area contributed by atoms with Gasteiger partial charge in [-0.05, 0) is 90.6 Å². The van der Waals surface area contributed by atoms with Crippen molar-refractivity contribution < 1.29 is 70.0 Å². The molecule has 2 saturated heterocycles.